The monoisotopic (exact) mass is 367 g/mol. The smallest absolute Gasteiger partial charge is 0.182 e. The molecular formula is C16H18BrNO2S. The molecule has 0 aliphatic rings. The molecule has 5 heteroatoms. The number of rotatable bonds is 4. The van der Waals surface area contributed by atoms with E-state index in [1.54, 1.807) is 30.3 Å². The lowest BCUT2D eigenvalue weighted by atomic mass is 10.0. The molecule has 2 N–H and O–H groups in total. The summed E-state index contributed by atoms with van der Waals surface area (Å²) in [5, 5.41) is 0. The fourth-order valence-corrected chi connectivity index (χ4v) is 3.63. The molecule has 0 aliphatic heterocycles. The molecule has 0 aliphatic carbocycles. The SMILES string of the molecule is CC(C)c1ccc(S(=O)(=O)Cc2ccc(Br)c(N)c2)cc1. The van der Waals surface area contributed by atoms with Gasteiger partial charge in [0.2, 0.25) is 0 Å². The largest absolute Gasteiger partial charge is 0.398 e. The molecule has 0 saturated heterocycles. The highest BCUT2D eigenvalue weighted by molar-refractivity contribution is 9.10. The average molecular weight is 368 g/mol. The van der Waals surface area contributed by atoms with Crippen molar-refractivity contribution in [3.8, 4) is 0 Å². The van der Waals surface area contributed by atoms with Crippen molar-refractivity contribution in [2.24, 2.45) is 0 Å². The van der Waals surface area contributed by atoms with Crippen LogP contribution in [-0.4, -0.2) is 8.42 Å². The van der Waals surface area contributed by atoms with Gasteiger partial charge in [-0.3, -0.25) is 0 Å². The fourth-order valence-electron chi connectivity index (χ4n) is 2.05. The molecule has 0 unspecified atom stereocenters. The standard InChI is InChI=1S/C16H18BrNO2S/c1-11(2)13-4-6-14(7-5-13)21(19,20)10-12-3-8-15(17)16(18)9-12/h3-9,11H,10,18H2,1-2H3. The first-order valence-corrected chi connectivity index (χ1v) is 9.11. The van der Waals surface area contributed by atoms with Gasteiger partial charge in [0, 0.05) is 10.2 Å². The van der Waals surface area contributed by atoms with Crippen LogP contribution in [0.5, 0.6) is 0 Å². The van der Waals surface area contributed by atoms with E-state index in [4.69, 9.17) is 5.73 Å². The molecule has 3 nitrogen and oxygen atoms in total. The van der Waals surface area contributed by atoms with Crippen LogP contribution in [0.1, 0.15) is 30.9 Å². The minimum absolute atomic E-state index is 0.0501. The van der Waals surface area contributed by atoms with Crippen molar-refractivity contribution >= 4 is 31.5 Å². The van der Waals surface area contributed by atoms with Crippen molar-refractivity contribution in [1.29, 1.82) is 0 Å². The van der Waals surface area contributed by atoms with Crippen LogP contribution in [0.25, 0.3) is 0 Å². The molecule has 0 spiro atoms. The fraction of sp³-hybridized carbons (Fsp3) is 0.250. The maximum Gasteiger partial charge on any atom is 0.182 e. The maximum absolute atomic E-state index is 12.4. The number of benzene rings is 2. The summed E-state index contributed by atoms with van der Waals surface area (Å²) in [7, 11) is -3.36. The molecule has 2 aromatic rings. The number of hydrogen-bond donors (Lipinski definition) is 1. The minimum Gasteiger partial charge on any atom is -0.398 e. The molecule has 0 fully saturated rings. The first-order chi connectivity index (χ1) is 9.79. The van der Waals surface area contributed by atoms with Gasteiger partial charge in [-0.05, 0) is 57.2 Å². The highest BCUT2D eigenvalue weighted by atomic mass is 79.9. The van der Waals surface area contributed by atoms with Crippen LogP contribution in [0.3, 0.4) is 0 Å². The Balaban J connectivity index is 2.27. The van der Waals surface area contributed by atoms with Gasteiger partial charge in [0.15, 0.2) is 9.84 Å². The van der Waals surface area contributed by atoms with Crippen LogP contribution in [-0.2, 0) is 15.6 Å². The Hall–Kier alpha value is -1.33. The Kier molecular flexibility index (Phi) is 4.74. The predicted octanol–water partition coefficient (Wildman–Crippen LogP) is 4.13. The van der Waals surface area contributed by atoms with Crippen LogP contribution in [0.2, 0.25) is 0 Å². The van der Waals surface area contributed by atoms with Crippen molar-refractivity contribution < 1.29 is 8.42 Å². The molecule has 0 atom stereocenters. The summed E-state index contributed by atoms with van der Waals surface area (Å²) in [5.41, 5.74) is 8.14. The van der Waals surface area contributed by atoms with Gasteiger partial charge < -0.3 is 5.73 Å². The number of halogens is 1. The van der Waals surface area contributed by atoms with Gasteiger partial charge in [-0.1, -0.05) is 32.0 Å². The Labute approximate surface area is 134 Å². The van der Waals surface area contributed by atoms with Gasteiger partial charge in [-0.2, -0.15) is 0 Å². The van der Waals surface area contributed by atoms with Crippen LogP contribution < -0.4 is 5.73 Å². The Morgan fingerprint density at radius 2 is 1.71 bits per heavy atom. The van der Waals surface area contributed by atoms with Gasteiger partial charge >= 0.3 is 0 Å². The summed E-state index contributed by atoms with van der Waals surface area (Å²) in [6.45, 7) is 4.15. The molecule has 0 radical (unpaired) electrons. The highest BCUT2D eigenvalue weighted by Gasteiger charge is 2.16. The van der Waals surface area contributed by atoms with Gasteiger partial charge in [-0.25, -0.2) is 8.42 Å². The van der Waals surface area contributed by atoms with E-state index in [1.165, 1.54) is 0 Å². The van der Waals surface area contributed by atoms with Crippen molar-refractivity contribution in [2.45, 2.75) is 30.4 Å². The number of sulfone groups is 1. The Morgan fingerprint density at radius 1 is 1.10 bits per heavy atom. The van der Waals surface area contributed by atoms with Gasteiger partial charge in [0.25, 0.3) is 0 Å². The summed E-state index contributed by atoms with van der Waals surface area (Å²) in [4.78, 5) is 0.341. The third kappa shape index (κ3) is 3.86. The zero-order chi connectivity index (χ0) is 15.6. The summed E-state index contributed by atoms with van der Waals surface area (Å²) >= 11 is 3.30. The van der Waals surface area contributed by atoms with E-state index >= 15 is 0 Å². The molecule has 0 saturated carbocycles. The second-order valence-corrected chi connectivity index (χ2v) is 8.18. The molecular weight excluding hydrogens is 350 g/mol. The summed E-state index contributed by atoms with van der Waals surface area (Å²) in [6.07, 6.45) is 0. The summed E-state index contributed by atoms with van der Waals surface area (Å²) < 4.78 is 25.6. The topological polar surface area (TPSA) is 60.2 Å². The summed E-state index contributed by atoms with van der Waals surface area (Å²) in [6, 6.07) is 12.3. The van der Waals surface area contributed by atoms with Crippen molar-refractivity contribution in [2.75, 3.05) is 5.73 Å². The maximum atomic E-state index is 12.4. The zero-order valence-corrected chi connectivity index (χ0v) is 14.4. The number of hydrogen-bond acceptors (Lipinski definition) is 3. The van der Waals surface area contributed by atoms with Crippen molar-refractivity contribution in [1.82, 2.24) is 0 Å². The molecule has 0 aromatic heterocycles. The second kappa shape index (κ2) is 6.20. The van der Waals surface area contributed by atoms with E-state index in [0.717, 1.165) is 10.0 Å². The third-order valence-electron chi connectivity index (χ3n) is 3.32. The van der Waals surface area contributed by atoms with Crippen molar-refractivity contribution in [3.05, 3.63) is 58.1 Å². The van der Waals surface area contributed by atoms with E-state index in [0.29, 0.717) is 22.1 Å². The molecule has 0 bridgehead atoms. The molecule has 0 amide bonds. The van der Waals surface area contributed by atoms with Crippen LogP contribution in [0.4, 0.5) is 5.69 Å². The first kappa shape index (κ1) is 16.0. The lowest BCUT2D eigenvalue weighted by molar-refractivity contribution is 0.595. The Morgan fingerprint density at radius 3 is 2.24 bits per heavy atom. The van der Waals surface area contributed by atoms with Gasteiger partial charge in [-0.15, -0.1) is 0 Å². The lowest BCUT2D eigenvalue weighted by Crippen LogP contribution is -2.05. The molecule has 2 aromatic carbocycles. The minimum atomic E-state index is -3.36. The molecule has 112 valence electrons. The van der Waals surface area contributed by atoms with Gasteiger partial charge in [0.05, 0.1) is 10.6 Å². The highest BCUT2D eigenvalue weighted by Crippen LogP contribution is 2.24. The first-order valence-electron chi connectivity index (χ1n) is 6.66. The Bertz CT molecular complexity index is 737. The van der Waals surface area contributed by atoms with E-state index in [2.05, 4.69) is 29.8 Å². The van der Waals surface area contributed by atoms with E-state index in [-0.39, 0.29) is 5.75 Å². The van der Waals surface area contributed by atoms with Crippen LogP contribution >= 0.6 is 15.9 Å². The third-order valence-corrected chi connectivity index (χ3v) is 5.75. The second-order valence-electron chi connectivity index (χ2n) is 5.34. The molecule has 2 rings (SSSR count). The predicted molar refractivity (Wildman–Crippen MR) is 90.0 cm³/mol. The van der Waals surface area contributed by atoms with E-state index < -0.39 is 9.84 Å². The lowest BCUT2D eigenvalue weighted by Gasteiger charge is -2.09. The van der Waals surface area contributed by atoms with Crippen LogP contribution in [0, 0.1) is 0 Å². The van der Waals surface area contributed by atoms with Gasteiger partial charge in [0.1, 0.15) is 0 Å². The molecule has 0 heterocycles. The average Bonchev–Trinajstić information content (AvgIpc) is 2.43. The number of nitrogens with two attached hydrogens (primary N) is 1. The summed E-state index contributed by atoms with van der Waals surface area (Å²) in [5.74, 6) is 0.332. The quantitative estimate of drug-likeness (QED) is 0.826. The van der Waals surface area contributed by atoms with Crippen LogP contribution in [0.15, 0.2) is 51.8 Å². The van der Waals surface area contributed by atoms with E-state index in [1.807, 2.05) is 12.1 Å². The zero-order valence-electron chi connectivity index (χ0n) is 12.0. The van der Waals surface area contributed by atoms with Crippen molar-refractivity contribution in [3.63, 3.8) is 0 Å². The number of anilines is 1. The molecule has 21 heavy (non-hydrogen) atoms. The normalized spacial score (nSPS) is 11.8. The van der Waals surface area contributed by atoms with E-state index in [9.17, 15) is 8.42 Å². The number of nitrogen functional groups attached to an aromatic ring is 1.